The number of rotatable bonds is 3. The summed E-state index contributed by atoms with van der Waals surface area (Å²) in [6, 6.07) is 9.21. The molecule has 2 saturated heterocycles. The van der Waals surface area contributed by atoms with Gasteiger partial charge in [-0.05, 0) is 37.1 Å². The summed E-state index contributed by atoms with van der Waals surface area (Å²) in [5, 5.41) is 0. The molecule has 2 fully saturated rings. The van der Waals surface area contributed by atoms with Crippen molar-refractivity contribution in [1.82, 2.24) is 19.8 Å². The van der Waals surface area contributed by atoms with E-state index in [4.69, 9.17) is 0 Å². The van der Waals surface area contributed by atoms with Gasteiger partial charge in [-0.15, -0.1) is 0 Å². The lowest BCUT2D eigenvalue weighted by molar-refractivity contribution is 0.0746. The number of hydrogen-bond donors (Lipinski definition) is 0. The zero-order valence-electron chi connectivity index (χ0n) is 16.7. The summed E-state index contributed by atoms with van der Waals surface area (Å²) in [6.45, 7) is 4.30. The summed E-state index contributed by atoms with van der Waals surface area (Å²) in [6.07, 6.45) is 7.76. The van der Waals surface area contributed by atoms with E-state index in [9.17, 15) is 9.59 Å². The normalized spacial score (nSPS) is 17.7. The van der Waals surface area contributed by atoms with E-state index in [-0.39, 0.29) is 11.8 Å². The molecule has 0 unspecified atom stereocenters. The third-order valence-electron chi connectivity index (χ3n) is 5.66. The number of pyridine rings is 2. The van der Waals surface area contributed by atoms with Gasteiger partial charge in [0.25, 0.3) is 11.8 Å². The Morgan fingerprint density at radius 1 is 0.724 bits per heavy atom. The summed E-state index contributed by atoms with van der Waals surface area (Å²) in [5.74, 6) is 0.827. The van der Waals surface area contributed by atoms with Crippen LogP contribution in [-0.4, -0.2) is 70.9 Å². The van der Waals surface area contributed by atoms with E-state index in [1.807, 2.05) is 28.0 Å². The Labute approximate surface area is 171 Å². The van der Waals surface area contributed by atoms with Crippen LogP contribution in [0.5, 0.6) is 0 Å². The van der Waals surface area contributed by atoms with E-state index in [0.717, 1.165) is 44.8 Å². The lowest BCUT2D eigenvalue weighted by Gasteiger charge is -2.35. The predicted octanol–water partition coefficient (Wildman–Crippen LogP) is 2.46. The average molecular weight is 393 g/mol. The van der Waals surface area contributed by atoms with Crippen LogP contribution in [0.2, 0.25) is 0 Å². The minimum Gasteiger partial charge on any atom is -0.353 e. The standard InChI is InChI=1S/C22H27N5O2/c28-21(27-15-13-25(14-16-27)20-7-3-4-9-24-20)18-8-10-23-19(17-18)22(29)26-11-5-1-2-6-12-26/h3-4,7-10,17H,1-2,5-6,11-16H2. The summed E-state index contributed by atoms with van der Waals surface area (Å²) >= 11 is 0. The Kier molecular flexibility index (Phi) is 6.03. The first kappa shape index (κ1) is 19.4. The van der Waals surface area contributed by atoms with Crippen molar-refractivity contribution in [2.75, 3.05) is 44.2 Å². The van der Waals surface area contributed by atoms with Gasteiger partial charge in [0.1, 0.15) is 11.5 Å². The van der Waals surface area contributed by atoms with E-state index < -0.39 is 0 Å². The Balaban J connectivity index is 1.40. The molecule has 4 heterocycles. The fraction of sp³-hybridized carbons (Fsp3) is 0.455. The molecule has 0 spiro atoms. The number of piperazine rings is 1. The third kappa shape index (κ3) is 4.55. The second-order valence-electron chi connectivity index (χ2n) is 7.60. The molecule has 152 valence electrons. The molecule has 7 heteroatoms. The molecule has 0 bridgehead atoms. The van der Waals surface area contributed by atoms with Crippen LogP contribution in [0.1, 0.15) is 46.5 Å². The van der Waals surface area contributed by atoms with Crippen molar-refractivity contribution < 1.29 is 9.59 Å². The van der Waals surface area contributed by atoms with Gasteiger partial charge in [0.2, 0.25) is 0 Å². The highest BCUT2D eigenvalue weighted by molar-refractivity contribution is 5.98. The van der Waals surface area contributed by atoms with Crippen molar-refractivity contribution >= 4 is 17.6 Å². The highest BCUT2D eigenvalue weighted by Crippen LogP contribution is 2.16. The van der Waals surface area contributed by atoms with Crippen LogP contribution >= 0.6 is 0 Å². The Bertz CT molecular complexity index is 841. The van der Waals surface area contributed by atoms with Crippen molar-refractivity contribution in [3.05, 3.63) is 54.0 Å². The molecule has 0 aromatic carbocycles. The summed E-state index contributed by atoms with van der Waals surface area (Å²) in [7, 11) is 0. The Hall–Kier alpha value is -2.96. The summed E-state index contributed by atoms with van der Waals surface area (Å²) in [5.41, 5.74) is 0.898. The van der Waals surface area contributed by atoms with Crippen LogP contribution in [0.25, 0.3) is 0 Å². The largest absolute Gasteiger partial charge is 0.353 e. The smallest absolute Gasteiger partial charge is 0.272 e. The van der Waals surface area contributed by atoms with Gasteiger partial charge in [0.15, 0.2) is 0 Å². The van der Waals surface area contributed by atoms with Crippen molar-refractivity contribution in [2.45, 2.75) is 25.7 Å². The van der Waals surface area contributed by atoms with E-state index >= 15 is 0 Å². The Morgan fingerprint density at radius 3 is 2.14 bits per heavy atom. The molecule has 2 aliphatic rings. The van der Waals surface area contributed by atoms with E-state index in [0.29, 0.717) is 24.3 Å². The Morgan fingerprint density at radius 2 is 1.45 bits per heavy atom. The van der Waals surface area contributed by atoms with Gasteiger partial charge < -0.3 is 14.7 Å². The van der Waals surface area contributed by atoms with Crippen molar-refractivity contribution in [3.8, 4) is 0 Å². The highest BCUT2D eigenvalue weighted by Gasteiger charge is 2.24. The number of nitrogens with zero attached hydrogens (tertiary/aromatic N) is 5. The lowest BCUT2D eigenvalue weighted by Crippen LogP contribution is -2.49. The molecule has 2 aromatic rings. The van der Waals surface area contributed by atoms with Crippen molar-refractivity contribution in [2.24, 2.45) is 0 Å². The molecular formula is C22H27N5O2. The van der Waals surface area contributed by atoms with Crippen LogP contribution < -0.4 is 4.90 Å². The maximum Gasteiger partial charge on any atom is 0.272 e. The molecule has 7 nitrogen and oxygen atoms in total. The van der Waals surface area contributed by atoms with E-state index in [1.54, 1.807) is 24.5 Å². The predicted molar refractivity (Wildman–Crippen MR) is 111 cm³/mol. The average Bonchev–Trinajstić information content (AvgIpc) is 3.08. The fourth-order valence-electron chi connectivity index (χ4n) is 3.98. The third-order valence-corrected chi connectivity index (χ3v) is 5.66. The first-order valence-corrected chi connectivity index (χ1v) is 10.4. The monoisotopic (exact) mass is 393 g/mol. The lowest BCUT2D eigenvalue weighted by atomic mass is 10.1. The van der Waals surface area contributed by atoms with Gasteiger partial charge in [-0.1, -0.05) is 18.9 Å². The maximum absolute atomic E-state index is 13.0. The van der Waals surface area contributed by atoms with Crippen LogP contribution in [0.15, 0.2) is 42.7 Å². The van der Waals surface area contributed by atoms with Crippen LogP contribution in [-0.2, 0) is 0 Å². The van der Waals surface area contributed by atoms with Gasteiger partial charge in [-0.2, -0.15) is 0 Å². The van der Waals surface area contributed by atoms with Crippen LogP contribution in [0, 0.1) is 0 Å². The van der Waals surface area contributed by atoms with E-state index in [1.165, 1.54) is 12.8 Å². The number of carbonyl (C=O) groups excluding carboxylic acids is 2. The topological polar surface area (TPSA) is 69.6 Å². The van der Waals surface area contributed by atoms with Gasteiger partial charge in [0, 0.05) is 57.2 Å². The van der Waals surface area contributed by atoms with Gasteiger partial charge in [-0.25, -0.2) is 4.98 Å². The minimum absolute atomic E-state index is 0.0435. The quantitative estimate of drug-likeness (QED) is 0.801. The molecule has 0 radical (unpaired) electrons. The number of carbonyl (C=O) groups is 2. The number of anilines is 1. The molecule has 0 N–H and O–H groups in total. The van der Waals surface area contributed by atoms with Crippen molar-refractivity contribution in [1.29, 1.82) is 0 Å². The van der Waals surface area contributed by atoms with Gasteiger partial charge in [0.05, 0.1) is 0 Å². The molecule has 4 rings (SSSR count). The number of likely N-dealkylation sites (tertiary alicyclic amines) is 1. The fourth-order valence-corrected chi connectivity index (χ4v) is 3.98. The molecule has 0 saturated carbocycles. The summed E-state index contributed by atoms with van der Waals surface area (Å²) in [4.78, 5) is 40.3. The first-order chi connectivity index (χ1) is 14.2. The zero-order valence-corrected chi connectivity index (χ0v) is 16.7. The highest BCUT2D eigenvalue weighted by atomic mass is 16.2. The second kappa shape index (κ2) is 9.03. The summed E-state index contributed by atoms with van der Waals surface area (Å²) < 4.78 is 0. The van der Waals surface area contributed by atoms with Gasteiger partial charge in [-0.3, -0.25) is 14.6 Å². The molecule has 2 aliphatic heterocycles. The molecular weight excluding hydrogens is 366 g/mol. The SMILES string of the molecule is O=C(c1ccnc(C(=O)N2CCCCCC2)c1)N1CCN(c2ccccn2)CC1. The molecule has 2 aromatic heterocycles. The van der Waals surface area contributed by atoms with Gasteiger partial charge >= 0.3 is 0 Å². The minimum atomic E-state index is -0.0680. The number of hydrogen-bond acceptors (Lipinski definition) is 5. The number of amides is 2. The number of aromatic nitrogens is 2. The molecule has 0 aliphatic carbocycles. The van der Waals surface area contributed by atoms with Crippen LogP contribution in [0.3, 0.4) is 0 Å². The first-order valence-electron chi connectivity index (χ1n) is 10.4. The molecule has 2 amide bonds. The maximum atomic E-state index is 13.0. The van der Waals surface area contributed by atoms with Crippen LogP contribution in [0.4, 0.5) is 5.82 Å². The zero-order chi connectivity index (χ0) is 20.1. The van der Waals surface area contributed by atoms with E-state index in [2.05, 4.69) is 14.9 Å². The molecule has 0 atom stereocenters. The molecule has 29 heavy (non-hydrogen) atoms. The second-order valence-corrected chi connectivity index (χ2v) is 7.60. The van der Waals surface area contributed by atoms with Crippen molar-refractivity contribution in [3.63, 3.8) is 0 Å².